The molecule has 2 N–H and O–H groups in total. The number of rotatable bonds is 8. The first-order valence-corrected chi connectivity index (χ1v) is 6.72. The van der Waals surface area contributed by atoms with Gasteiger partial charge < -0.3 is 10.6 Å². The minimum absolute atomic E-state index is 0.752. The van der Waals surface area contributed by atoms with E-state index in [1.165, 1.54) is 12.8 Å². The maximum absolute atomic E-state index is 4.24. The van der Waals surface area contributed by atoms with Crippen molar-refractivity contribution in [3.05, 3.63) is 18.5 Å². The first-order chi connectivity index (χ1) is 8.30. The molecule has 0 fully saturated rings. The summed E-state index contributed by atoms with van der Waals surface area (Å²) in [6, 6.07) is 2.13. The summed E-state index contributed by atoms with van der Waals surface area (Å²) in [4.78, 5) is 4.24. The summed E-state index contributed by atoms with van der Waals surface area (Å²) in [5.41, 5.74) is 2.21. The normalized spacial score (nSPS) is 10.6. The highest BCUT2D eigenvalue weighted by molar-refractivity contribution is 5.53. The van der Waals surface area contributed by atoms with E-state index in [1.807, 2.05) is 12.4 Å². The molecule has 0 bridgehead atoms. The average Bonchev–Trinajstić information content (AvgIpc) is 2.38. The van der Waals surface area contributed by atoms with E-state index in [0.717, 1.165) is 36.8 Å². The Labute approximate surface area is 105 Å². The number of nitrogens with one attached hydrogen (secondary N) is 2. The molecule has 0 aliphatic carbocycles. The fourth-order valence-electron chi connectivity index (χ4n) is 1.74. The van der Waals surface area contributed by atoms with Gasteiger partial charge in [0.05, 0.1) is 23.8 Å². The Hall–Kier alpha value is -1.25. The van der Waals surface area contributed by atoms with Crippen LogP contribution in [0, 0.1) is 5.92 Å². The molecule has 1 heterocycles. The number of hydrogen-bond donors (Lipinski definition) is 2. The average molecular weight is 235 g/mol. The fourth-order valence-corrected chi connectivity index (χ4v) is 1.74. The zero-order valence-corrected chi connectivity index (χ0v) is 11.3. The van der Waals surface area contributed by atoms with Crippen LogP contribution in [0.15, 0.2) is 18.5 Å². The van der Waals surface area contributed by atoms with Crippen LogP contribution >= 0.6 is 0 Å². The van der Waals surface area contributed by atoms with Gasteiger partial charge in [-0.3, -0.25) is 4.98 Å². The van der Waals surface area contributed by atoms with Crippen molar-refractivity contribution < 1.29 is 0 Å². The summed E-state index contributed by atoms with van der Waals surface area (Å²) in [5.74, 6) is 0.752. The third kappa shape index (κ3) is 5.07. The summed E-state index contributed by atoms with van der Waals surface area (Å²) >= 11 is 0. The fraction of sp³-hybridized carbons (Fsp3) is 0.643. The van der Waals surface area contributed by atoms with E-state index in [0.29, 0.717) is 0 Å². The zero-order chi connectivity index (χ0) is 12.5. The van der Waals surface area contributed by atoms with Crippen LogP contribution in [0.5, 0.6) is 0 Å². The molecular formula is C14H25N3. The Bertz CT molecular complexity index is 308. The van der Waals surface area contributed by atoms with Gasteiger partial charge in [0.25, 0.3) is 0 Å². The van der Waals surface area contributed by atoms with Gasteiger partial charge in [0, 0.05) is 13.1 Å². The Kier molecular flexibility index (Phi) is 6.45. The molecule has 0 radical (unpaired) electrons. The van der Waals surface area contributed by atoms with E-state index in [1.54, 1.807) is 0 Å². The molecule has 17 heavy (non-hydrogen) atoms. The maximum Gasteiger partial charge on any atom is 0.0547 e. The Morgan fingerprint density at radius 2 is 1.71 bits per heavy atom. The molecule has 0 unspecified atom stereocenters. The Balaban J connectivity index is 2.47. The van der Waals surface area contributed by atoms with Gasteiger partial charge in [-0.1, -0.05) is 33.6 Å². The highest BCUT2D eigenvalue weighted by atomic mass is 14.9. The topological polar surface area (TPSA) is 37.0 Å². The van der Waals surface area contributed by atoms with Gasteiger partial charge in [-0.2, -0.15) is 0 Å². The van der Waals surface area contributed by atoms with Gasteiger partial charge >= 0.3 is 0 Å². The highest BCUT2D eigenvalue weighted by Gasteiger charge is 2.03. The van der Waals surface area contributed by atoms with Crippen molar-refractivity contribution in [3.8, 4) is 0 Å². The molecule has 3 heteroatoms. The number of pyridine rings is 1. The molecule has 1 rings (SSSR count). The predicted octanol–water partition coefficient (Wildman–Crippen LogP) is 3.75. The van der Waals surface area contributed by atoms with E-state index in [9.17, 15) is 0 Å². The van der Waals surface area contributed by atoms with Crippen LogP contribution in [-0.4, -0.2) is 18.1 Å². The lowest BCUT2D eigenvalue weighted by Crippen LogP contribution is -2.13. The van der Waals surface area contributed by atoms with E-state index >= 15 is 0 Å². The van der Waals surface area contributed by atoms with Crippen molar-refractivity contribution in [1.82, 2.24) is 4.98 Å². The second-order valence-electron chi connectivity index (χ2n) is 4.45. The second kappa shape index (κ2) is 7.93. The van der Waals surface area contributed by atoms with Gasteiger partial charge in [0.1, 0.15) is 0 Å². The van der Waals surface area contributed by atoms with Gasteiger partial charge in [-0.25, -0.2) is 0 Å². The largest absolute Gasteiger partial charge is 0.384 e. The van der Waals surface area contributed by atoms with Crippen molar-refractivity contribution in [2.75, 3.05) is 23.7 Å². The molecular weight excluding hydrogens is 210 g/mol. The summed E-state index contributed by atoms with van der Waals surface area (Å²) in [6.45, 7) is 8.68. The molecule has 0 aliphatic rings. The Morgan fingerprint density at radius 1 is 1.06 bits per heavy atom. The molecule has 0 aromatic carbocycles. The van der Waals surface area contributed by atoms with Gasteiger partial charge in [0.2, 0.25) is 0 Å². The first kappa shape index (κ1) is 13.8. The quantitative estimate of drug-likeness (QED) is 0.720. The van der Waals surface area contributed by atoms with Crippen LogP contribution in [-0.2, 0) is 0 Å². The maximum atomic E-state index is 4.24. The van der Waals surface area contributed by atoms with Crippen molar-refractivity contribution >= 4 is 11.4 Å². The molecule has 0 aliphatic heterocycles. The third-order valence-corrected chi connectivity index (χ3v) is 3.07. The van der Waals surface area contributed by atoms with Crippen molar-refractivity contribution in [3.63, 3.8) is 0 Å². The lowest BCUT2D eigenvalue weighted by atomic mass is 10.0. The summed E-state index contributed by atoms with van der Waals surface area (Å²) in [7, 11) is 0. The SMILES string of the molecule is CCCNc1cncc(NCC(CC)CC)c1. The highest BCUT2D eigenvalue weighted by Crippen LogP contribution is 2.15. The van der Waals surface area contributed by atoms with Crippen LogP contribution in [0.25, 0.3) is 0 Å². The first-order valence-electron chi connectivity index (χ1n) is 6.72. The van der Waals surface area contributed by atoms with Crippen LogP contribution in [0.1, 0.15) is 40.0 Å². The van der Waals surface area contributed by atoms with E-state index in [4.69, 9.17) is 0 Å². The van der Waals surface area contributed by atoms with E-state index < -0.39 is 0 Å². The number of hydrogen-bond acceptors (Lipinski definition) is 3. The summed E-state index contributed by atoms with van der Waals surface area (Å²) in [5, 5.41) is 6.81. The zero-order valence-electron chi connectivity index (χ0n) is 11.3. The van der Waals surface area contributed by atoms with Crippen LogP contribution in [0.2, 0.25) is 0 Å². The molecule has 0 amide bonds. The van der Waals surface area contributed by atoms with Crippen molar-refractivity contribution in [2.45, 2.75) is 40.0 Å². The lowest BCUT2D eigenvalue weighted by Gasteiger charge is -2.14. The number of nitrogens with zero attached hydrogens (tertiary/aromatic N) is 1. The predicted molar refractivity (Wildman–Crippen MR) is 75.6 cm³/mol. The van der Waals surface area contributed by atoms with Crippen molar-refractivity contribution in [1.29, 1.82) is 0 Å². The smallest absolute Gasteiger partial charge is 0.0547 e. The summed E-state index contributed by atoms with van der Waals surface area (Å²) < 4.78 is 0. The number of aromatic nitrogens is 1. The molecule has 96 valence electrons. The van der Waals surface area contributed by atoms with Crippen LogP contribution < -0.4 is 10.6 Å². The molecule has 0 atom stereocenters. The molecule has 0 spiro atoms. The van der Waals surface area contributed by atoms with Gasteiger partial charge in [-0.15, -0.1) is 0 Å². The standard InChI is InChI=1S/C14H25N3/c1-4-7-16-13-8-14(11-15-10-13)17-9-12(5-2)6-3/h8,10-12,16-17H,4-7,9H2,1-3H3. The Morgan fingerprint density at radius 3 is 2.29 bits per heavy atom. The second-order valence-corrected chi connectivity index (χ2v) is 4.45. The lowest BCUT2D eigenvalue weighted by molar-refractivity contribution is 0.519. The molecule has 0 saturated heterocycles. The minimum Gasteiger partial charge on any atom is -0.384 e. The molecule has 1 aromatic heterocycles. The molecule has 0 saturated carbocycles. The third-order valence-electron chi connectivity index (χ3n) is 3.07. The van der Waals surface area contributed by atoms with Crippen molar-refractivity contribution in [2.24, 2.45) is 5.92 Å². The minimum atomic E-state index is 0.752. The van der Waals surface area contributed by atoms with Crippen LogP contribution in [0.4, 0.5) is 11.4 Å². The molecule has 1 aromatic rings. The van der Waals surface area contributed by atoms with Gasteiger partial charge in [0.15, 0.2) is 0 Å². The monoisotopic (exact) mass is 235 g/mol. The number of anilines is 2. The van der Waals surface area contributed by atoms with E-state index in [-0.39, 0.29) is 0 Å². The van der Waals surface area contributed by atoms with E-state index in [2.05, 4.69) is 42.5 Å². The van der Waals surface area contributed by atoms with Crippen LogP contribution in [0.3, 0.4) is 0 Å². The molecule has 3 nitrogen and oxygen atoms in total. The summed E-state index contributed by atoms with van der Waals surface area (Å²) in [6.07, 6.45) is 7.35. The van der Waals surface area contributed by atoms with Gasteiger partial charge in [-0.05, 0) is 18.4 Å².